The van der Waals surface area contributed by atoms with Crippen LogP contribution in [0.1, 0.15) is 16.1 Å². The number of nitrogen functional groups attached to an aromatic ring is 1. The van der Waals surface area contributed by atoms with Gasteiger partial charge < -0.3 is 21.1 Å². The van der Waals surface area contributed by atoms with Gasteiger partial charge in [-0.3, -0.25) is 4.79 Å². The Hall–Kier alpha value is -2.58. The first-order valence-electron chi connectivity index (χ1n) is 7.11. The van der Waals surface area contributed by atoms with Crippen molar-refractivity contribution in [2.24, 2.45) is 0 Å². The third-order valence-electron chi connectivity index (χ3n) is 2.96. The molecule has 0 radical (unpaired) electrons. The van der Waals surface area contributed by atoms with Gasteiger partial charge in [-0.2, -0.15) is 0 Å². The third-order valence-corrected chi connectivity index (χ3v) is 2.96. The maximum atomic E-state index is 11.7. The molecule has 1 aromatic carbocycles. The number of para-hydroxylation sites is 1. The van der Waals surface area contributed by atoms with Gasteiger partial charge in [0.15, 0.2) is 0 Å². The zero-order chi connectivity index (χ0) is 16.5. The van der Waals surface area contributed by atoms with Gasteiger partial charge in [-0.05, 0) is 16.4 Å². The molecule has 2 rings (SSSR count). The van der Waals surface area contributed by atoms with Gasteiger partial charge in [-0.25, -0.2) is 4.63 Å². The lowest BCUT2D eigenvalue weighted by Crippen LogP contribution is -2.32. The van der Waals surface area contributed by atoms with Crippen molar-refractivity contribution in [1.29, 1.82) is 0 Å². The Balaban J connectivity index is 0.00000288. The number of amides is 1. The number of benzene rings is 1. The van der Waals surface area contributed by atoms with Crippen molar-refractivity contribution >= 4 is 24.1 Å². The van der Waals surface area contributed by atoms with E-state index in [1.807, 2.05) is 24.3 Å². The minimum atomic E-state index is -0.416. The fraction of sp³-hybridized carbons (Fsp3) is 0.267. The van der Waals surface area contributed by atoms with Crippen LogP contribution in [0.25, 0.3) is 0 Å². The van der Waals surface area contributed by atoms with Crippen LogP contribution in [-0.4, -0.2) is 35.9 Å². The molecule has 0 aliphatic heterocycles. The molecule has 0 aliphatic rings. The number of carbonyl (C=O) groups is 1. The molecule has 130 valence electrons. The molecular weight excluding hydrogens is 334 g/mol. The molecule has 0 aliphatic carbocycles. The standard InChI is InChI=1S/C15H19N5O3.ClH/c1-2-9-22-12-6-4-3-5-11(12)10-17-7-8-18-15(21)13-14(16)20-23-19-13;/h2-6,17H,1,7-10H2,(H2,16,20)(H,18,21);1H. The summed E-state index contributed by atoms with van der Waals surface area (Å²) >= 11 is 0. The van der Waals surface area contributed by atoms with Gasteiger partial charge in [-0.15, -0.1) is 12.4 Å². The molecule has 0 saturated carbocycles. The number of aromatic nitrogens is 2. The van der Waals surface area contributed by atoms with E-state index < -0.39 is 5.91 Å². The number of hydrogen-bond acceptors (Lipinski definition) is 7. The normalized spacial score (nSPS) is 9.83. The van der Waals surface area contributed by atoms with E-state index >= 15 is 0 Å². The highest BCUT2D eigenvalue weighted by Crippen LogP contribution is 2.17. The fourth-order valence-electron chi connectivity index (χ4n) is 1.86. The minimum Gasteiger partial charge on any atom is -0.489 e. The van der Waals surface area contributed by atoms with Gasteiger partial charge >= 0.3 is 0 Å². The van der Waals surface area contributed by atoms with Crippen molar-refractivity contribution in [3.63, 3.8) is 0 Å². The highest BCUT2D eigenvalue weighted by Gasteiger charge is 2.14. The van der Waals surface area contributed by atoms with E-state index in [1.54, 1.807) is 6.08 Å². The number of halogens is 1. The predicted molar refractivity (Wildman–Crippen MR) is 92.1 cm³/mol. The first-order chi connectivity index (χ1) is 11.2. The van der Waals surface area contributed by atoms with E-state index in [0.29, 0.717) is 26.2 Å². The highest BCUT2D eigenvalue weighted by molar-refractivity contribution is 5.95. The van der Waals surface area contributed by atoms with Gasteiger partial charge in [0.05, 0.1) is 0 Å². The highest BCUT2D eigenvalue weighted by atomic mass is 35.5. The first kappa shape index (κ1) is 19.5. The lowest BCUT2D eigenvalue weighted by molar-refractivity contribution is 0.0944. The Morgan fingerprint density at radius 2 is 2.12 bits per heavy atom. The minimum absolute atomic E-state index is 0. The van der Waals surface area contributed by atoms with Gasteiger partial charge in [0.2, 0.25) is 11.5 Å². The Morgan fingerprint density at radius 3 is 2.83 bits per heavy atom. The number of carbonyl (C=O) groups excluding carboxylic acids is 1. The van der Waals surface area contributed by atoms with Crippen molar-refractivity contribution in [1.82, 2.24) is 20.9 Å². The molecule has 4 N–H and O–H groups in total. The zero-order valence-corrected chi connectivity index (χ0v) is 13.8. The van der Waals surface area contributed by atoms with E-state index in [0.717, 1.165) is 11.3 Å². The predicted octanol–water partition coefficient (Wildman–Crippen LogP) is 1.16. The van der Waals surface area contributed by atoms with Gasteiger partial charge in [0, 0.05) is 25.2 Å². The average molecular weight is 354 g/mol. The maximum absolute atomic E-state index is 11.7. The number of hydrogen-bond donors (Lipinski definition) is 3. The zero-order valence-electron chi connectivity index (χ0n) is 13.0. The molecule has 8 nitrogen and oxygen atoms in total. The molecule has 1 aromatic heterocycles. The van der Waals surface area contributed by atoms with Crippen LogP contribution in [0.3, 0.4) is 0 Å². The third kappa shape index (κ3) is 5.56. The maximum Gasteiger partial charge on any atom is 0.277 e. The van der Waals surface area contributed by atoms with Gasteiger partial charge in [-0.1, -0.05) is 30.9 Å². The molecule has 0 unspecified atom stereocenters. The van der Waals surface area contributed by atoms with Crippen molar-refractivity contribution in [2.45, 2.75) is 6.54 Å². The Morgan fingerprint density at radius 1 is 1.33 bits per heavy atom. The van der Waals surface area contributed by atoms with E-state index in [2.05, 4.69) is 32.2 Å². The number of ether oxygens (including phenoxy) is 1. The monoisotopic (exact) mass is 353 g/mol. The first-order valence-corrected chi connectivity index (χ1v) is 7.11. The Kier molecular flexibility index (Phi) is 8.31. The number of rotatable bonds is 9. The summed E-state index contributed by atoms with van der Waals surface area (Å²) in [6.45, 7) is 5.70. The van der Waals surface area contributed by atoms with Crippen molar-refractivity contribution in [3.8, 4) is 5.75 Å². The van der Waals surface area contributed by atoms with E-state index in [1.165, 1.54) is 0 Å². The molecule has 0 bridgehead atoms. The summed E-state index contributed by atoms with van der Waals surface area (Å²) in [6.07, 6.45) is 1.70. The number of anilines is 1. The second-order valence-corrected chi connectivity index (χ2v) is 4.64. The van der Waals surface area contributed by atoms with Crippen LogP contribution in [0.15, 0.2) is 41.5 Å². The summed E-state index contributed by atoms with van der Waals surface area (Å²) in [7, 11) is 0. The summed E-state index contributed by atoms with van der Waals surface area (Å²) in [6, 6.07) is 7.74. The fourth-order valence-corrected chi connectivity index (χ4v) is 1.86. The molecule has 2 aromatic rings. The average Bonchev–Trinajstić information content (AvgIpc) is 2.99. The van der Waals surface area contributed by atoms with Crippen LogP contribution in [0, 0.1) is 0 Å². The van der Waals surface area contributed by atoms with Crippen molar-refractivity contribution in [2.75, 3.05) is 25.4 Å². The summed E-state index contributed by atoms with van der Waals surface area (Å²) < 4.78 is 9.95. The molecule has 24 heavy (non-hydrogen) atoms. The van der Waals surface area contributed by atoms with Gasteiger partial charge in [0.25, 0.3) is 5.91 Å². The van der Waals surface area contributed by atoms with Gasteiger partial charge in [0.1, 0.15) is 12.4 Å². The van der Waals surface area contributed by atoms with Crippen LogP contribution in [0.2, 0.25) is 0 Å². The Labute approximate surface area is 145 Å². The van der Waals surface area contributed by atoms with E-state index in [9.17, 15) is 4.79 Å². The lowest BCUT2D eigenvalue weighted by Gasteiger charge is -2.11. The van der Waals surface area contributed by atoms with Crippen molar-refractivity contribution < 1.29 is 14.2 Å². The lowest BCUT2D eigenvalue weighted by atomic mass is 10.2. The smallest absolute Gasteiger partial charge is 0.277 e. The van der Waals surface area contributed by atoms with Crippen LogP contribution < -0.4 is 21.1 Å². The molecule has 0 fully saturated rings. The molecule has 0 saturated heterocycles. The molecule has 0 atom stereocenters. The molecular formula is C15H20ClN5O3. The molecule has 9 heteroatoms. The van der Waals surface area contributed by atoms with E-state index in [-0.39, 0.29) is 23.9 Å². The summed E-state index contributed by atoms with van der Waals surface area (Å²) in [4.78, 5) is 11.7. The summed E-state index contributed by atoms with van der Waals surface area (Å²) in [5.74, 6) is 0.370. The summed E-state index contributed by atoms with van der Waals surface area (Å²) in [5.41, 5.74) is 6.47. The summed E-state index contributed by atoms with van der Waals surface area (Å²) in [5, 5.41) is 12.7. The van der Waals surface area contributed by atoms with Crippen LogP contribution >= 0.6 is 12.4 Å². The van der Waals surface area contributed by atoms with Crippen molar-refractivity contribution in [3.05, 3.63) is 48.2 Å². The molecule has 1 amide bonds. The van der Waals surface area contributed by atoms with Crippen LogP contribution in [-0.2, 0) is 6.54 Å². The van der Waals surface area contributed by atoms with Crippen LogP contribution in [0.4, 0.5) is 5.82 Å². The second-order valence-electron chi connectivity index (χ2n) is 4.64. The van der Waals surface area contributed by atoms with Crippen LogP contribution in [0.5, 0.6) is 5.75 Å². The quantitative estimate of drug-likeness (QED) is 0.457. The number of nitrogens with two attached hydrogens (primary N) is 1. The molecule has 1 heterocycles. The van der Waals surface area contributed by atoms with E-state index in [4.69, 9.17) is 10.5 Å². The number of nitrogens with zero attached hydrogens (tertiary/aromatic N) is 2. The Bertz CT molecular complexity index is 662. The topological polar surface area (TPSA) is 115 Å². The molecule has 0 spiro atoms. The SMILES string of the molecule is C=CCOc1ccccc1CNCCNC(=O)c1nonc1N.Cl. The largest absolute Gasteiger partial charge is 0.489 e. The number of nitrogens with one attached hydrogen (secondary N) is 2. The second kappa shape index (κ2) is 10.2.